The number of benzene rings is 1. The number of ether oxygens (including phenoxy) is 1. The highest BCUT2D eigenvalue weighted by molar-refractivity contribution is 7.90. The van der Waals surface area contributed by atoms with Gasteiger partial charge in [0.15, 0.2) is 20.6 Å². The van der Waals surface area contributed by atoms with Crippen LogP contribution in [0.5, 0.6) is 0 Å². The summed E-state index contributed by atoms with van der Waals surface area (Å²) in [5.41, 5.74) is 2.33. The average Bonchev–Trinajstić information content (AvgIpc) is 3.22. The monoisotopic (exact) mass is 542 g/mol. The van der Waals surface area contributed by atoms with Crippen LogP contribution in [0, 0.1) is 5.92 Å². The molecule has 188 valence electrons. The quantitative estimate of drug-likeness (QED) is 0.562. The number of hydrogen-bond acceptors (Lipinski definition) is 8. The normalized spacial score (nSPS) is 23.3. The molecule has 2 amide bonds. The van der Waals surface area contributed by atoms with Crippen LogP contribution in [0.25, 0.3) is 0 Å². The van der Waals surface area contributed by atoms with Crippen LogP contribution in [0.4, 0.5) is 4.79 Å². The Morgan fingerprint density at radius 1 is 1.29 bits per heavy atom. The highest BCUT2D eigenvalue weighted by Crippen LogP contribution is 2.41. The Bertz CT molecular complexity index is 1280. The minimum atomic E-state index is -3.43. The van der Waals surface area contributed by atoms with Crippen molar-refractivity contribution in [3.8, 4) is 0 Å². The molecule has 1 aliphatic carbocycles. The van der Waals surface area contributed by atoms with Crippen molar-refractivity contribution in [1.82, 2.24) is 15.9 Å². The number of halogens is 2. The Kier molecular flexibility index (Phi) is 7.12. The van der Waals surface area contributed by atoms with Crippen molar-refractivity contribution in [2.45, 2.75) is 55.6 Å². The van der Waals surface area contributed by atoms with E-state index in [0.29, 0.717) is 30.5 Å². The second-order valence-corrected chi connectivity index (χ2v) is 11.7. The van der Waals surface area contributed by atoms with Crippen LogP contribution in [-0.4, -0.2) is 49.2 Å². The van der Waals surface area contributed by atoms with Crippen LogP contribution in [-0.2, 0) is 14.6 Å². The van der Waals surface area contributed by atoms with Gasteiger partial charge in [-0.1, -0.05) is 34.4 Å². The molecule has 2 aliphatic rings. The van der Waals surface area contributed by atoms with Crippen molar-refractivity contribution in [2.24, 2.45) is 11.0 Å². The van der Waals surface area contributed by atoms with Crippen molar-refractivity contribution in [3.63, 3.8) is 0 Å². The zero-order chi connectivity index (χ0) is 25.4. The summed E-state index contributed by atoms with van der Waals surface area (Å²) < 4.78 is 34.4. The Labute approximate surface area is 212 Å². The second kappa shape index (κ2) is 9.79. The molecule has 2 heterocycles. The van der Waals surface area contributed by atoms with Gasteiger partial charge < -0.3 is 14.6 Å². The summed E-state index contributed by atoms with van der Waals surface area (Å²) in [6.45, 7) is 1.90. The molecule has 13 heteroatoms. The van der Waals surface area contributed by atoms with Gasteiger partial charge in [-0.15, -0.1) is 0 Å². The molecule has 1 saturated carbocycles. The smallest absolute Gasteiger partial charge is 0.428 e. The number of sulfone groups is 1. The molecular formula is C22H24Cl2N4O6S. The molecule has 0 bridgehead atoms. The maximum Gasteiger partial charge on any atom is 0.428 e. The second-order valence-electron chi connectivity index (χ2n) is 8.94. The van der Waals surface area contributed by atoms with Gasteiger partial charge in [-0.2, -0.15) is 5.10 Å². The number of carbonyl (C=O) groups is 2. The number of nitrogens with zero attached hydrogens (tertiary/aromatic N) is 2. The van der Waals surface area contributed by atoms with Crippen LogP contribution in [0.15, 0.2) is 38.8 Å². The molecule has 1 aromatic heterocycles. The van der Waals surface area contributed by atoms with E-state index in [2.05, 4.69) is 21.0 Å². The summed E-state index contributed by atoms with van der Waals surface area (Å²) in [5, 5.41) is 10.9. The first-order valence-electron chi connectivity index (χ1n) is 11.0. The maximum absolute atomic E-state index is 12.3. The molecule has 0 unspecified atom stereocenters. The fourth-order valence-electron chi connectivity index (χ4n) is 4.61. The van der Waals surface area contributed by atoms with Gasteiger partial charge in [0.25, 0.3) is 5.91 Å². The maximum atomic E-state index is 12.3. The molecule has 2 N–H and O–H groups in total. The largest absolute Gasteiger partial charge is 0.435 e. The van der Waals surface area contributed by atoms with Crippen molar-refractivity contribution < 1.29 is 27.3 Å². The van der Waals surface area contributed by atoms with E-state index in [4.69, 9.17) is 32.5 Å². The first-order valence-corrected chi connectivity index (χ1v) is 13.6. The first-order chi connectivity index (χ1) is 16.5. The zero-order valence-corrected chi connectivity index (χ0v) is 21.3. The highest BCUT2D eigenvalue weighted by atomic mass is 35.5. The molecule has 1 aliphatic heterocycles. The third-order valence-electron chi connectivity index (χ3n) is 6.28. The standard InChI is InChI=1S/C22H24Cl2N4O6S/c1-12(25-20(29)17-11-18(24)28-34-17)9-13-5-7-22(8-6-13)19(26-27-21(30)33-22)15-4-3-14(10-16(15)23)35(2,31)32/h3-4,10-13H,5-9H2,1-2H3,(H,25,29)(H,27,30)/t12-,13?,22?/m0/s1. The minimum absolute atomic E-state index is 0.0469. The number of aromatic nitrogens is 1. The summed E-state index contributed by atoms with van der Waals surface area (Å²) in [7, 11) is -3.43. The van der Waals surface area contributed by atoms with Crippen LogP contribution >= 0.6 is 23.2 Å². The summed E-state index contributed by atoms with van der Waals surface area (Å²) >= 11 is 12.1. The molecule has 2 aromatic rings. The van der Waals surface area contributed by atoms with Gasteiger partial charge in [0, 0.05) is 23.9 Å². The van der Waals surface area contributed by atoms with E-state index in [1.165, 1.54) is 18.2 Å². The molecule has 1 atom stereocenters. The van der Waals surface area contributed by atoms with E-state index >= 15 is 0 Å². The molecule has 1 spiro atoms. The van der Waals surface area contributed by atoms with Crippen molar-refractivity contribution in [3.05, 3.63) is 45.8 Å². The predicted octanol–water partition coefficient (Wildman–Crippen LogP) is 3.97. The number of hydrogen-bond donors (Lipinski definition) is 2. The fraction of sp³-hybridized carbons (Fsp3) is 0.455. The molecule has 0 radical (unpaired) electrons. The van der Waals surface area contributed by atoms with E-state index in [9.17, 15) is 18.0 Å². The number of carbonyl (C=O) groups excluding carboxylic acids is 2. The van der Waals surface area contributed by atoms with Crippen molar-refractivity contribution >= 4 is 50.8 Å². The first kappa shape index (κ1) is 25.5. The Morgan fingerprint density at radius 3 is 2.60 bits per heavy atom. The predicted molar refractivity (Wildman–Crippen MR) is 128 cm³/mol. The van der Waals surface area contributed by atoms with E-state index in [-0.39, 0.29) is 32.8 Å². The summed E-state index contributed by atoms with van der Waals surface area (Å²) in [6, 6.07) is 5.64. The lowest BCUT2D eigenvalue weighted by Gasteiger charge is -2.42. The number of amides is 2. The number of nitrogens with one attached hydrogen (secondary N) is 2. The topological polar surface area (TPSA) is 140 Å². The van der Waals surface area contributed by atoms with Crippen LogP contribution < -0.4 is 10.7 Å². The minimum Gasteiger partial charge on any atom is -0.435 e. The van der Waals surface area contributed by atoms with E-state index in [1.807, 2.05) is 6.92 Å². The Hall–Kier alpha value is -2.63. The molecule has 0 saturated heterocycles. The SMILES string of the molecule is C[C@@H](CC1CCC2(CC1)OC(=O)NN=C2c1ccc(S(C)(=O)=O)cc1Cl)NC(=O)c1cc(Cl)no1. The van der Waals surface area contributed by atoms with E-state index < -0.39 is 27.4 Å². The lowest BCUT2D eigenvalue weighted by atomic mass is 9.73. The van der Waals surface area contributed by atoms with Crippen LogP contribution in [0.3, 0.4) is 0 Å². The van der Waals surface area contributed by atoms with Gasteiger partial charge in [0.2, 0.25) is 5.76 Å². The van der Waals surface area contributed by atoms with Crippen LogP contribution in [0.1, 0.15) is 55.1 Å². The van der Waals surface area contributed by atoms with Crippen molar-refractivity contribution in [1.29, 1.82) is 0 Å². The van der Waals surface area contributed by atoms with Gasteiger partial charge in [-0.3, -0.25) is 4.79 Å². The lowest BCUT2D eigenvalue weighted by molar-refractivity contribution is 0.0154. The van der Waals surface area contributed by atoms with E-state index in [1.54, 1.807) is 6.07 Å². The van der Waals surface area contributed by atoms with Gasteiger partial charge in [0.05, 0.1) is 9.92 Å². The molecule has 4 rings (SSSR count). The molecular weight excluding hydrogens is 519 g/mol. The third kappa shape index (κ3) is 5.62. The number of hydrazone groups is 1. The number of rotatable bonds is 6. The molecule has 10 nitrogen and oxygen atoms in total. The molecule has 1 fully saturated rings. The van der Waals surface area contributed by atoms with Gasteiger partial charge in [0.1, 0.15) is 5.71 Å². The molecule has 1 aromatic carbocycles. The summed E-state index contributed by atoms with van der Waals surface area (Å²) in [5.74, 6) is -0.0732. The fourth-order valence-corrected chi connectivity index (χ4v) is 5.72. The Balaban J connectivity index is 1.45. The lowest BCUT2D eigenvalue weighted by Crippen LogP contribution is -2.52. The Morgan fingerprint density at radius 2 is 2.00 bits per heavy atom. The average molecular weight is 543 g/mol. The van der Waals surface area contributed by atoms with Crippen molar-refractivity contribution in [2.75, 3.05) is 6.26 Å². The van der Waals surface area contributed by atoms with E-state index in [0.717, 1.165) is 19.1 Å². The zero-order valence-electron chi connectivity index (χ0n) is 19.0. The van der Waals surface area contributed by atoms with Crippen LogP contribution in [0.2, 0.25) is 10.2 Å². The summed E-state index contributed by atoms with van der Waals surface area (Å²) in [4.78, 5) is 24.4. The third-order valence-corrected chi connectivity index (χ3v) is 7.89. The summed E-state index contributed by atoms with van der Waals surface area (Å²) in [6.07, 6.45) is 3.62. The molecule has 35 heavy (non-hydrogen) atoms. The van der Waals surface area contributed by atoms with Gasteiger partial charge >= 0.3 is 6.09 Å². The van der Waals surface area contributed by atoms with Gasteiger partial charge in [-0.05, 0) is 57.1 Å². The van der Waals surface area contributed by atoms with Gasteiger partial charge in [-0.25, -0.2) is 18.6 Å². The highest BCUT2D eigenvalue weighted by Gasteiger charge is 2.47.